The highest BCUT2D eigenvalue weighted by Gasteiger charge is 2.33. The quantitative estimate of drug-likeness (QED) is 0.388. The Balaban J connectivity index is 1.73. The summed E-state index contributed by atoms with van der Waals surface area (Å²) < 4.78 is 2.84. The maximum Gasteiger partial charge on any atom is 0.270 e. The molecule has 0 aliphatic carbocycles. The number of carbonyl (C=O) groups is 1. The molecule has 0 radical (unpaired) electrons. The van der Waals surface area contributed by atoms with E-state index < -0.39 is 0 Å². The van der Waals surface area contributed by atoms with Gasteiger partial charge in [0.05, 0.1) is 10.6 Å². The SMILES string of the molecule is CCCn1cc(/C=C2\SC(=S)N(c3ccc(C)c(C)c3)C2=O)c2ccccc21. The average Bonchev–Trinajstić information content (AvgIpc) is 3.16. The van der Waals surface area contributed by atoms with E-state index >= 15 is 0 Å². The lowest BCUT2D eigenvalue weighted by molar-refractivity contribution is -0.113. The summed E-state index contributed by atoms with van der Waals surface area (Å²) in [7, 11) is 0. The molecule has 0 atom stereocenters. The molecule has 1 aliphatic rings. The van der Waals surface area contributed by atoms with Crippen molar-refractivity contribution in [3.63, 3.8) is 0 Å². The number of anilines is 1. The number of hydrogen-bond acceptors (Lipinski definition) is 3. The molecule has 2 heterocycles. The van der Waals surface area contributed by atoms with Crippen LogP contribution < -0.4 is 4.90 Å². The van der Waals surface area contributed by atoms with E-state index in [1.54, 1.807) is 4.90 Å². The number of amides is 1. The lowest BCUT2D eigenvalue weighted by atomic mass is 10.1. The first kappa shape index (κ1) is 19.0. The molecule has 0 N–H and O–H groups in total. The summed E-state index contributed by atoms with van der Waals surface area (Å²) in [5.74, 6) is -0.0504. The van der Waals surface area contributed by atoms with Gasteiger partial charge in [0.25, 0.3) is 5.91 Å². The molecule has 3 nitrogen and oxygen atoms in total. The Morgan fingerprint density at radius 1 is 1.11 bits per heavy atom. The predicted molar refractivity (Wildman–Crippen MR) is 124 cm³/mol. The molecule has 1 aromatic heterocycles. The Bertz CT molecular complexity index is 1130. The smallest absolute Gasteiger partial charge is 0.270 e. The van der Waals surface area contributed by atoms with Crippen molar-refractivity contribution in [2.45, 2.75) is 33.7 Å². The van der Waals surface area contributed by atoms with Gasteiger partial charge in [0.2, 0.25) is 0 Å². The number of thiocarbonyl (C=S) groups is 1. The first-order valence-corrected chi connectivity index (χ1v) is 10.6. The fraction of sp³-hybridized carbons (Fsp3) is 0.217. The van der Waals surface area contributed by atoms with Crippen molar-refractivity contribution < 1.29 is 4.79 Å². The van der Waals surface area contributed by atoms with Gasteiger partial charge in [-0.2, -0.15) is 0 Å². The van der Waals surface area contributed by atoms with Gasteiger partial charge in [-0.25, -0.2) is 0 Å². The van der Waals surface area contributed by atoms with Crippen molar-refractivity contribution >= 4 is 56.9 Å². The third kappa shape index (κ3) is 3.29. The number of aryl methyl sites for hydroxylation is 3. The van der Waals surface area contributed by atoms with Crippen LogP contribution in [0.2, 0.25) is 0 Å². The minimum atomic E-state index is -0.0504. The van der Waals surface area contributed by atoms with E-state index in [2.05, 4.69) is 49.7 Å². The third-order valence-electron chi connectivity index (χ3n) is 5.11. The Kier molecular flexibility index (Phi) is 5.13. The standard InChI is InChI=1S/C23H22N2OS2/c1-4-11-24-14-17(19-7-5-6-8-20(19)24)13-21-22(26)25(23(27)28-21)18-10-9-15(2)16(3)12-18/h5-10,12-14H,4,11H2,1-3H3/b21-13-. The predicted octanol–water partition coefficient (Wildman–Crippen LogP) is 6.07. The average molecular weight is 407 g/mol. The molecular weight excluding hydrogens is 384 g/mol. The van der Waals surface area contributed by atoms with Crippen LogP contribution in [0, 0.1) is 13.8 Å². The van der Waals surface area contributed by atoms with Crippen molar-refractivity contribution in [3.05, 3.63) is 70.3 Å². The molecular formula is C23H22N2OS2. The fourth-order valence-corrected chi connectivity index (χ4v) is 4.80. The second-order valence-corrected chi connectivity index (χ2v) is 8.76. The number of para-hydroxylation sites is 1. The number of nitrogens with zero attached hydrogens (tertiary/aromatic N) is 2. The Hall–Kier alpha value is -2.37. The molecule has 0 saturated carbocycles. The minimum absolute atomic E-state index is 0.0504. The fourth-order valence-electron chi connectivity index (χ4n) is 3.51. The number of hydrogen-bond donors (Lipinski definition) is 0. The highest BCUT2D eigenvalue weighted by Crippen LogP contribution is 2.37. The van der Waals surface area contributed by atoms with Crippen LogP contribution >= 0.6 is 24.0 Å². The van der Waals surface area contributed by atoms with Crippen LogP contribution in [0.3, 0.4) is 0 Å². The number of carbonyl (C=O) groups excluding carboxylic acids is 1. The summed E-state index contributed by atoms with van der Waals surface area (Å²) in [5.41, 5.74) is 5.44. The Morgan fingerprint density at radius 2 is 1.89 bits per heavy atom. The summed E-state index contributed by atoms with van der Waals surface area (Å²) in [6.45, 7) is 7.24. The van der Waals surface area contributed by atoms with Crippen molar-refractivity contribution in [2.24, 2.45) is 0 Å². The molecule has 1 amide bonds. The minimum Gasteiger partial charge on any atom is -0.347 e. The molecule has 1 fully saturated rings. The van der Waals surface area contributed by atoms with Crippen LogP contribution in [-0.2, 0) is 11.3 Å². The zero-order valence-corrected chi connectivity index (χ0v) is 17.9. The van der Waals surface area contributed by atoms with E-state index in [0.717, 1.165) is 35.2 Å². The van der Waals surface area contributed by atoms with Crippen molar-refractivity contribution in [3.8, 4) is 0 Å². The molecule has 2 aromatic carbocycles. The first-order valence-electron chi connectivity index (χ1n) is 9.42. The molecule has 3 aromatic rings. The van der Waals surface area contributed by atoms with E-state index in [9.17, 15) is 4.79 Å². The summed E-state index contributed by atoms with van der Waals surface area (Å²) >= 11 is 6.91. The maximum atomic E-state index is 13.1. The summed E-state index contributed by atoms with van der Waals surface area (Å²) in [6, 6.07) is 14.3. The Labute approximate surface area is 175 Å². The molecule has 0 bridgehead atoms. The van der Waals surface area contributed by atoms with Crippen molar-refractivity contribution in [2.75, 3.05) is 4.90 Å². The van der Waals surface area contributed by atoms with Gasteiger partial charge in [-0.1, -0.05) is 55.2 Å². The van der Waals surface area contributed by atoms with E-state index in [-0.39, 0.29) is 5.91 Å². The van der Waals surface area contributed by atoms with E-state index in [1.807, 2.05) is 30.3 Å². The van der Waals surface area contributed by atoms with Crippen LogP contribution in [-0.4, -0.2) is 14.8 Å². The van der Waals surface area contributed by atoms with Crippen molar-refractivity contribution in [1.29, 1.82) is 0 Å². The lowest BCUT2D eigenvalue weighted by Crippen LogP contribution is -2.27. The third-order valence-corrected chi connectivity index (χ3v) is 6.42. The van der Waals surface area contributed by atoms with Gasteiger partial charge in [0.15, 0.2) is 4.32 Å². The van der Waals surface area contributed by atoms with Gasteiger partial charge >= 0.3 is 0 Å². The molecule has 4 rings (SSSR count). The number of fused-ring (bicyclic) bond motifs is 1. The van der Waals surface area contributed by atoms with Gasteiger partial charge in [-0.05, 0) is 55.7 Å². The van der Waals surface area contributed by atoms with Crippen LogP contribution in [0.15, 0.2) is 53.6 Å². The molecule has 0 spiro atoms. The topological polar surface area (TPSA) is 25.2 Å². The molecule has 142 valence electrons. The highest BCUT2D eigenvalue weighted by molar-refractivity contribution is 8.27. The highest BCUT2D eigenvalue weighted by atomic mass is 32.2. The monoisotopic (exact) mass is 406 g/mol. The molecule has 1 saturated heterocycles. The molecule has 28 heavy (non-hydrogen) atoms. The first-order chi connectivity index (χ1) is 13.5. The van der Waals surface area contributed by atoms with Crippen LogP contribution in [0.1, 0.15) is 30.0 Å². The van der Waals surface area contributed by atoms with E-state index in [0.29, 0.717) is 9.23 Å². The number of aromatic nitrogens is 1. The van der Waals surface area contributed by atoms with Gasteiger partial charge in [-0.15, -0.1) is 0 Å². The van der Waals surface area contributed by atoms with E-state index in [4.69, 9.17) is 12.2 Å². The Morgan fingerprint density at radius 3 is 2.64 bits per heavy atom. The van der Waals surface area contributed by atoms with Gasteiger partial charge in [-0.3, -0.25) is 9.69 Å². The van der Waals surface area contributed by atoms with Gasteiger partial charge in [0, 0.05) is 29.2 Å². The molecule has 1 aliphatic heterocycles. The second-order valence-electron chi connectivity index (χ2n) is 7.08. The van der Waals surface area contributed by atoms with Crippen LogP contribution in [0.25, 0.3) is 17.0 Å². The second kappa shape index (κ2) is 7.57. The van der Waals surface area contributed by atoms with Gasteiger partial charge in [0.1, 0.15) is 0 Å². The zero-order chi connectivity index (χ0) is 19.8. The van der Waals surface area contributed by atoms with Crippen molar-refractivity contribution in [1.82, 2.24) is 4.57 Å². The largest absolute Gasteiger partial charge is 0.347 e. The summed E-state index contributed by atoms with van der Waals surface area (Å²) in [5, 5.41) is 1.16. The molecule has 5 heteroatoms. The van der Waals surface area contributed by atoms with Gasteiger partial charge < -0.3 is 4.57 Å². The maximum absolute atomic E-state index is 13.1. The van der Waals surface area contributed by atoms with Crippen LogP contribution in [0.5, 0.6) is 0 Å². The van der Waals surface area contributed by atoms with E-state index in [1.165, 1.54) is 22.8 Å². The van der Waals surface area contributed by atoms with Crippen LogP contribution in [0.4, 0.5) is 5.69 Å². The number of thioether (sulfide) groups is 1. The number of benzene rings is 2. The molecule has 0 unspecified atom stereocenters. The normalized spacial score (nSPS) is 16.0. The lowest BCUT2D eigenvalue weighted by Gasteiger charge is -2.15. The summed E-state index contributed by atoms with van der Waals surface area (Å²) in [4.78, 5) is 15.4. The zero-order valence-electron chi connectivity index (χ0n) is 16.2. The summed E-state index contributed by atoms with van der Waals surface area (Å²) in [6.07, 6.45) is 5.18. The number of rotatable bonds is 4.